The normalized spacial score (nSPS) is 19.8. The molecule has 26 heavy (non-hydrogen) atoms. The predicted molar refractivity (Wildman–Crippen MR) is 90.8 cm³/mol. The zero-order valence-electron chi connectivity index (χ0n) is 14.0. The quantitative estimate of drug-likeness (QED) is 0.815. The lowest BCUT2D eigenvalue weighted by Crippen LogP contribution is -2.31. The first-order chi connectivity index (χ1) is 12.1. The number of carbonyl (C=O) groups is 1. The first-order valence-electron chi connectivity index (χ1n) is 7.65. The summed E-state index contributed by atoms with van der Waals surface area (Å²) in [4.78, 5) is 15.6. The van der Waals surface area contributed by atoms with E-state index in [0.717, 1.165) is 0 Å². The number of aliphatic hydroxyl groups is 1. The van der Waals surface area contributed by atoms with Gasteiger partial charge in [0.2, 0.25) is 0 Å². The summed E-state index contributed by atoms with van der Waals surface area (Å²) in [5.74, 6) is -3.51. The average Bonchev–Trinajstić information content (AvgIpc) is 2.53. The molecular formula is C18H16F3NO3S+. The van der Waals surface area contributed by atoms with Crippen LogP contribution in [0.15, 0.2) is 45.7 Å². The Morgan fingerprint density at radius 1 is 1.38 bits per heavy atom. The second-order valence-corrected chi connectivity index (χ2v) is 7.21. The van der Waals surface area contributed by atoms with E-state index in [4.69, 9.17) is 5.11 Å². The summed E-state index contributed by atoms with van der Waals surface area (Å²) in [6.45, 7) is 3.17. The van der Waals surface area contributed by atoms with Crippen molar-refractivity contribution < 1.29 is 27.6 Å². The van der Waals surface area contributed by atoms with Gasteiger partial charge in [0.25, 0.3) is 6.54 Å². The summed E-state index contributed by atoms with van der Waals surface area (Å²) < 4.78 is 51.4. The molecule has 0 heterocycles. The number of benzene rings is 1. The highest BCUT2D eigenvalue weighted by Crippen LogP contribution is 2.36. The monoisotopic (exact) mass is 383 g/mol. The van der Waals surface area contributed by atoms with E-state index in [0.29, 0.717) is 11.6 Å². The van der Waals surface area contributed by atoms with Gasteiger partial charge in [-0.05, 0) is 44.2 Å². The molecule has 137 valence electrons. The minimum atomic E-state index is -4.75. The number of halogens is 3. The van der Waals surface area contributed by atoms with E-state index in [1.807, 2.05) is 0 Å². The van der Waals surface area contributed by atoms with Crippen LogP contribution < -0.4 is 0 Å². The number of Topliss-reactive ketones (excluding diaryl/α,β-unsaturated/α-hetero) is 1. The molecule has 1 aromatic carbocycles. The number of hydrogen-bond donors (Lipinski definition) is 1. The van der Waals surface area contributed by atoms with Crippen molar-refractivity contribution in [1.29, 1.82) is 0 Å². The number of rotatable bonds is 3. The fourth-order valence-electron chi connectivity index (χ4n) is 2.17. The van der Waals surface area contributed by atoms with Crippen molar-refractivity contribution >= 4 is 17.0 Å². The molecule has 8 heteroatoms. The highest BCUT2D eigenvalue weighted by molar-refractivity contribution is 7.95. The molecule has 0 amide bonds. The molecule has 0 fully saturated rings. The van der Waals surface area contributed by atoms with Crippen LogP contribution >= 0.6 is 0 Å². The summed E-state index contributed by atoms with van der Waals surface area (Å²) in [6.07, 6.45) is -2.51. The Bertz CT molecular complexity index is 802. The van der Waals surface area contributed by atoms with Gasteiger partial charge in [-0.25, -0.2) is 0 Å². The molecule has 4 nitrogen and oxygen atoms in total. The number of aliphatic hydroxyl groups excluding tert-OH is 1. The zero-order valence-corrected chi connectivity index (χ0v) is 14.8. The van der Waals surface area contributed by atoms with Crippen molar-refractivity contribution in [3.05, 3.63) is 57.3 Å². The molecule has 3 unspecified atom stereocenters. The minimum Gasteiger partial charge on any atom is -0.606 e. The summed E-state index contributed by atoms with van der Waals surface area (Å²) >= 11 is -1.88. The Kier molecular flexibility index (Phi) is 6.29. The van der Waals surface area contributed by atoms with Gasteiger partial charge in [-0.3, -0.25) is 4.79 Å². The molecule has 0 spiro atoms. The molecule has 1 aromatic rings. The van der Waals surface area contributed by atoms with Crippen LogP contribution in [0.2, 0.25) is 0 Å². The van der Waals surface area contributed by atoms with Crippen LogP contribution in [0, 0.1) is 18.1 Å². The summed E-state index contributed by atoms with van der Waals surface area (Å²) in [5.41, 5.74) is 0.703. The number of nitrogens with zero attached hydrogens (tertiary/aromatic N) is 1. The Hall–Kier alpha value is -2.08. The molecule has 0 saturated heterocycles. The summed E-state index contributed by atoms with van der Waals surface area (Å²) in [7, 11) is 0. The van der Waals surface area contributed by atoms with Crippen LogP contribution in [-0.4, -0.2) is 34.3 Å². The van der Waals surface area contributed by atoms with E-state index < -0.39 is 35.2 Å². The van der Waals surface area contributed by atoms with Crippen LogP contribution in [0.1, 0.15) is 19.4 Å². The van der Waals surface area contributed by atoms with Gasteiger partial charge in [-0.2, -0.15) is 13.2 Å². The van der Waals surface area contributed by atoms with Gasteiger partial charge in [-0.15, -0.1) is 0 Å². The van der Waals surface area contributed by atoms with Crippen molar-refractivity contribution in [1.82, 2.24) is 0 Å². The van der Waals surface area contributed by atoms with Crippen molar-refractivity contribution in [2.75, 3.05) is 6.54 Å². The van der Waals surface area contributed by atoms with Crippen LogP contribution in [0.3, 0.4) is 0 Å². The van der Waals surface area contributed by atoms with E-state index in [1.165, 1.54) is 19.1 Å². The number of carbonyl (C=O) groups excluding carboxylic acids is 1. The lowest BCUT2D eigenvalue weighted by Gasteiger charge is -2.21. The fourth-order valence-corrected chi connectivity index (χ4v) is 3.40. The smallest absolute Gasteiger partial charge is 0.402 e. The molecular weight excluding hydrogens is 367 g/mol. The van der Waals surface area contributed by atoms with Gasteiger partial charge in [0.05, 0.1) is 0 Å². The SMILES string of the molecule is CC1=[C]C(=O)C(C(F)(F)F)C=C1[S+]([O-])c1ccc(C#[N+]CC(C)O)cc1. The Morgan fingerprint density at radius 2 is 2.00 bits per heavy atom. The van der Waals surface area contributed by atoms with E-state index in [1.54, 1.807) is 19.1 Å². The summed E-state index contributed by atoms with van der Waals surface area (Å²) in [5, 5.41) is 9.12. The topological polar surface area (TPSA) is 64.7 Å². The second kappa shape index (κ2) is 8.08. The predicted octanol–water partition coefficient (Wildman–Crippen LogP) is 3.25. The third-order valence-electron chi connectivity index (χ3n) is 3.47. The van der Waals surface area contributed by atoms with Crippen LogP contribution in [0.5, 0.6) is 0 Å². The molecule has 3 atom stereocenters. The summed E-state index contributed by atoms with van der Waals surface area (Å²) in [6, 6.07) is 8.82. The van der Waals surface area contributed by atoms with Crippen LogP contribution in [0.4, 0.5) is 13.2 Å². The first-order valence-corrected chi connectivity index (χ1v) is 8.80. The lowest BCUT2D eigenvalue weighted by molar-refractivity contribution is -0.169. The maximum absolute atomic E-state index is 12.9. The van der Waals surface area contributed by atoms with E-state index in [-0.39, 0.29) is 21.9 Å². The maximum atomic E-state index is 12.9. The van der Waals surface area contributed by atoms with Crippen molar-refractivity contribution in [2.45, 2.75) is 31.0 Å². The van der Waals surface area contributed by atoms with Gasteiger partial charge in [0, 0.05) is 22.8 Å². The molecule has 2 rings (SSSR count). The standard InChI is InChI=1S/C18H16F3NO3S/c1-11-7-16(24)15(18(19,20)21)8-17(11)26(25)14-5-3-13(4-6-14)10-22-9-12(2)23/h3-6,8,12,15,23H,9H2,1-2H3/q+1. The lowest BCUT2D eigenvalue weighted by atomic mass is 9.95. The molecule has 1 aliphatic rings. The molecule has 0 saturated carbocycles. The van der Waals surface area contributed by atoms with Gasteiger partial charge in [0.15, 0.2) is 15.6 Å². The average molecular weight is 383 g/mol. The van der Waals surface area contributed by atoms with E-state index in [2.05, 4.69) is 17.0 Å². The second-order valence-electron chi connectivity index (χ2n) is 5.76. The first kappa shape index (κ1) is 20.2. The molecule has 1 radical (unpaired) electrons. The van der Waals surface area contributed by atoms with Crippen molar-refractivity contribution in [3.63, 3.8) is 0 Å². The van der Waals surface area contributed by atoms with Crippen molar-refractivity contribution in [3.8, 4) is 6.07 Å². The number of alkyl halides is 3. The highest BCUT2D eigenvalue weighted by atomic mass is 32.2. The minimum absolute atomic E-state index is 0.0774. The third-order valence-corrected chi connectivity index (χ3v) is 5.01. The van der Waals surface area contributed by atoms with Gasteiger partial charge >= 0.3 is 12.2 Å². The highest BCUT2D eigenvalue weighted by Gasteiger charge is 2.46. The number of ketones is 1. The van der Waals surface area contributed by atoms with Gasteiger partial charge in [0.1, 0.15) is 17.6 Å². The van der Waals surface area contributed by atoms with Gasteiger partial charge in [-0.1, -0.05) is 4.85 Å². The Morgan fingerprint density at radius 3 is 2.54 bits per heavy atom. The molecule has 0 bridgehead atoms. The number of hydrogen-bond acceptors (Lipinski definition) is 3. The van der Waals surface area contributed by atoms with Gasteiger partial charge < -0.3 is 9.66 Å². The maximum Gasteiger partial charge on any atom is 0.402 e. The molecule has 0 aromatic heterocycles. The van der Waals surface area contributed by atoms with E-state index in [9.17, 15) is 22.5 Å². The molecule has 1 N–H and O–H groups in total. The Labute approximate surface area is 152 Å². The fraction of sp³-hybridized carbons (Fsp3) is 0.333. The number of allylic oxidation sites excluding steroid dienone is 3. The van der Waals surface area contributed by atoms with Crippen LogP contribution in [-0.2, 0) is 16.0 Å². The Balaban J connectivity index is 2.24. The molecule has 0 aliphatic heterocycles. The zero-order chi connectivity index (χ0) is 19.5. The van der Waals surface area contributed by atoms with Crippen molar-refractivity contribution in [2.24, 2.45) is 5.92 Å². The third kappa shape index (κ3) is 4.97. The molecule has 1 aliphatic carbocycles. The van der Waals surface area contributed by atoms with Crippen LogP contribution in [0.25, 0.3) is 4.85 Å². The largest absolute Gasteiger partial charge is 0.606 e. The van der Waals surface area contributed by atoms with E-state index >= 15 is 0 Å².